The molecule has 0 spiro atoms. The molecule has 1 saturated heterocycles. The van der Waals surface area contributed by atoms with E-state index < -0.39 is 12.1 Å². The maximum atomic E-state index is 12.6. The molecule has 0 saturated carbocycles. The van der Waals surface area contributed by atoms with Crippen molar-refractivity contribution in [2.75, 3.05) is 14.2 Å². The van der Waals surface area contributed by atoms with Gasteiger partial charge in [0.2, 0.25) is 0 Å². The van der Waals surface area contributed by atoms with Crippen molar-refractivity contribution in [3.05, 3.63) is 58.7 Å². The van der Waals surface area contributed by atoms with Crippen molar-refractivity contribution >= 4 is 17.8 Å². The summed E-state index contributed by atoms with van der Waals surface area (Å²) in [6.45, 7) is 3.84. The van der Waals surface area contributed by atoms with Gasteiger partial charge < -0.3 is 20.1 Å². The highest BCUT2D eigenvalue weighted by molar-refractivity contribution is 6.04. The Kier molecular flexibility index (Phi) is 6.48. The van der Waals surface area contributed by atoms with Crippen LogP contribution in [0.25, 0.3) is 0 Å². The first-order valence-corrected chi connectivity index (χ1v) is 10.0. The largest absolute Gasteiger partial charge is 0.496 e. The van der Waals surface area contributed by atoms with Gasteiger partial charge in [0.1, 0.15) is 23.4 Å². The monoisotopic (exact) mass is 424 g/mol. The number of carbonyl (C=O) groups is 2. The molecular weight excluding hydrogens is 396 g/mol. The average Bonchev–Trinajstić information content (AvgIpc) is 3.01. The number of nitrogens with zero attached hydrogens (tertiary/aromatic N) is 1. The van der Waals surface area contributed by atoms with Crippen molar-refractivity contribution in [3.63, 3.8) is 0 Å². The molecule has 1 aliphatic rings. The summed E-state index contributed by atoms with van der Waals surface area (Å²) in [6, 6.07) is 9.68. The molecule has 164 valence electrons. The summed E-state index contributed by atoms with van der Waals surface area (Å²) in [5.41, 5.74) is 8.82. The molecule has 3 amide bonds. The highest BCUT2D eigenvalue weighted by atomic mass is 16.5. The molecule has 1 fully saturated rings. The van der Waals surface area contributed by atoms with Crippen LogP contribution in [0.2, 0.25) is 0 Å². The van der Waals surface area contributed by atoms with Crippen molar-refractivity contribution in [3.8, 4) is 11.5 Å². The number of amidine groups is 1. The molecular formula is C23H28N4O4. The smallest absolute Gasteiger partial charge is 0.325 e. The molecule has 1 unspecified atom stereocenters. The van der Waals surface area contributed by atoms with Crippen molar-refractivity contribution < 1.29 is 19.1 Å². The standard InChI is InChI=1S/C23H28N4O4/c1-13(11-17-9-10-19(30-3)14(2)20(17)31-4)27-18(22(28)26-23(27)29)12-15-5-7-16(8-6-15)21(24)25/h5-10,13,18H,11-12H2,1-4H3,(H3,24,25)(H,26,28,29)/t13?,18-/m0/s1. The van der Waals surface area contributed by atoms with Crippen molar-refractivity contribution in [2.24, 2.45) is 5.73 Å². The summed E-state index contributed by atoms with van der Waals surface area (Å²) in [5.74, 6) is 1.12. The van der Waals surface area contributed by atoms with Crippen molar-refractivity contribution in [1.82, 2.24) is 10.2 Å². The van der Waals surface area contributed by atoms with Gasteiger partial charge in [-0.05, 0) is 37.5 Å². The topological polar surface area (TPSA) is 118 Å². The van der Waals surface area contributed by atoms with Crippen LogP contribution in [0.4, 0.5) is 4.79 Å². The third kappa shape index (κ3) is 4.47. The second kappa shape index (κ2) is 9.07. The first kappa shape index (κ1) is 22.1. The predicted molar refractivity (Wildman–Crippen MR) is 118 cm³/mol. The number of urea groups is 1. The predicted octanol–water partition coefficient (Wildman–Crippen LogP) is 2.39. The van der Waals surface area contributed by atoms with Crippen LogP contribution in [0.5, 0.6) is 11.5 Å². The lowest BCUT2D eigenvalue weighted by atomic mass is 9.98. The molecule has 4 N–H and O–H groups in total. The van der Waals surface area contributed by atoms with Gasteiger partial charge in [0.05, 0.1) is 14.2 Å². The van der Waals surface area contributed by atoms with E-state index in [4.69, 9.17) is 20.6 Å². The van der Waals surface area contributed by atoms with Gasteiger partial charge in [-0.2, -0.15) is 0 Å². The van der Waals surface area contributed by atoms with E-state index in [9.17, 15) is 9.59 Å². The zero-order valence-electron chi connectivity index (χ0n) is 18.2. The van der Waals surface area contributed by atoms with Gasteiger partial charge in [-0.15, -0.1) is 0 Å². The number of hydrogen-bond donors (Lipinski definition) is 3. The van der Waals surface area contributed by atoms with E-state index in [0.717, 1.165) is 22.4 Å². The van der Waals surface area contributed by atoms with E-state index in [1.807, 2.05) is 38.1 Å². The molecule has 31 heavy (non-hydrogen) atoms. The summed E-state index contributed by atoms with van der Waals surface area (Å²) in [6.07, 6.45) is 0.896. The number of methoxy groups -OCH3 is 2. The van der Waals surface area contributed by atoms with Crippen LogP contribution in [0.15, 0.2) is 36.4 Å². The summed E-state index contributed by atoms with van der Waals surface area (Å²) in [7, 11) is 3.22. The second-order valence-electron chi connectivity index (χ2n) is 7.67. The molecule has 2 aromatic rings. The minimum absolute atomic E-state index is 0.0145. The van der Waals surface area contributed by atoms with Crippen LogP contribution in [-0.2, 0) is 17.6 Å². The van der Waals surface area contributed by atoms with Gasteiger partial charge in [-0.25, -0.2) is 4.79 Å². The van der Waals surface area contributed by atoms with Gasteiger partial charge in [0, 0.05) is 23.6 Å². The Hall–Kier alpha value is -3.55. The highest BCUT2D eigenvalue weighted by Crippen LogP contribution is 2.33. The maximum Gasteiger partial charge on any atom is 0.325 e. The first-order valence-electron chi connectivity index (χ1n) is 10.0. The number of amides is 3. The minimum atomic E-state index is -0.615. The Morgan fingerprint density at radius 2 is 1.84 bits per heavy atom. The lowest BCUT2D eigenvalue weighted by Gasteiger charge is -2.29. The average molecular weight is 425 g/mol. The molecule has 8 heteroatoms. The van der Waals surface area contributed by atoms with E-state index >= 15 is 0 Å². The molecule has 2 aromatic carbocycles. The van der Waals surface area contributed by atoms with Crippen LogP contribution in [0, 0.1) is 12.3 Å². The third-order valence-electron chi connectivity index (χ3n) is 5.65. The number of nitrogens with one attached hydrogen (secondary N) is 2. The Bertz CT molecular complexity index is 1000. The maximum absolute atomic E-state index is 12.6. The van der Waals surface area contributed by atoms with Gasteiger partial charge in [-0.3, -0.25) is 15.5 Å². The number of ether oxygens (including phenoxy) is 2. The Morgan fingerprint density at radius 3 is 2.42 bits per heavy atom. The van der Waals surface area contributed by atoms with Gasteiger partial charge in [-0.1, -0.05) is 30.3 Å². The zero-order valence-corrected chi connectivity index (χ0v) is 18.2. The van der Waals surface area contributed by atoms with Gasteiger partial charge in [0.25, 0.3) is 5.91 Å². The van der Waals surface area contributed by atoms with Crippen LogP contribution in [-0.4, -0.2) is 49.0 Å². The van der Waals surface area contributed by atoms with Crippen LogP contribution < -0.4 is 20.5 Å². The summed E-state index contributed by atoms with van der Waals surface area (Å²) in [4.78, 5) is 26.7. The van der Waals surface area contributed by atoms with Gasteiger partial charge in [0.15, 0.2) is 0 Å². The molecule has 8 nitrogen and oxygen atoms in total. The molecule has 2 atom stereocenters. The quantitative estimate of drug-likeness (QED) is 0.342. The first-order chi connectivity index (χ1) is 14.8. The van der Waals surface area contributed by atoms with Crippen molar-refractivity contribution in [2.45, 2.75) is 38.8 Å². The SMILES string of the molecule is COc1ccc(CC(C)N2C(=O)NC(=O)[C@@H]2Cc2ccc(C(=N)N)cc2)c(OC)c1C. The number of rotatable bonds is 8. The third-order valence-corrected chi connectivity index (χ3v) is 5.65. The van der Waals surface area contributed by atoms with E-state index in [-0.39, 0.29) is 17.8 Å². The molecule has 0 aromatic heterocycles. The molecule has 1 heterocycles. The molecule has 1 aliphatic heterocycles. The van der Waals surface area contributed by atoms with E-state index in [1.54, 1.807) is 31.3 Å². The lowest BCUT2D eigenvalue weighted by Crippen LogP contribution is -2.44. The van der Waals surface area contributed by atoms with Crippen LogP contribution >= 0.6 is 0 Å². The number of carbonyl (C=O) groups excluding carboxylic acids is 2. The second-order valence-corrected chi connectivity index (χ2v) is 7.67. The van der Waals surface area contributed by atoms with Crippen LogP contribution in [0.3, 0.4) is 0 Å². The molecule has 3 rings (SSSR count). The van der Waals surface area contributed by atoms with E-state index in [1.165, 1.54) is 0 Å². The Balaban J connectivity index is 1.82. The highest BCUT2D eigenvalue weighted by Gasteiger charge is 2.41. The van der Waals surface area contributed by atoms with Gasteiger partial charge >= 0.3 is 6.03 Å². The van der Waals surface area contributed by atoms with E-state index in [0.29, 0.717) is 24.2 Å². The fourth-order valence-corrected chi connectivity index (χ4v) is 4.08. The summed E-state index contributed by atoms with van der Waals surface area (Å²) in [5, 5.41) is 9.93. The molecule has 0 aliphatic carbocycles. The number of hydrogen-bond acceptors (Lipinski definition) is 5. The van der Waals surface area contributed by atoms with Crippen LogP contribution in [0.1, 0.15) is 29.2 Å². The Labute approximate surface area is 181 Å². The summed E-state index contributed by atoms with van der Waals surface area (Å²) < 4.78 is 11.0. The number of nitrogen functional groups attached to an aromatic ring is 1. The summed E-state index contributed by atoms with van der Waals surface area (Å²) >= 11 is 0. The fourth-order valence-electron chi connectivity index (χ4n) is 4.08. The van der Waals surface area contributed by atoms with Crippen molar-refractivity contribution in [1.29, 1.82) is 5.41 Å². The number of benzene rings is 2. The zero-order chi connectivity index (χ0) is 22.7. The fraction of sp³-hybridized carbons (Fsp3) is 0.348. The Morgan fingerprint density at radius 1 is 1.16 bits per heavy atom. The number of nitrogens with two attached hydrogens (primary N) is 1. The normalized spacial score (nSPS) is 16.8. The van der Waals surface area contributed by atoms with E-state index in [2.05, 4.69) is 5.32 Å². The lowest BCUT2D eigenvalue weighted by molar-refractivity contribution is -0.121. The number of imide groups is 1. The molecule has 0 radical (unpaired) electrons. The minimum Gasteiger partial charge on any atom is -0.496 e. The molecule has 0 bridgehead atoms.